The van der Waals surface area contributed by atoms with Gasteiger partial charge in [0, 0.05) is 5.56 Å². The standard InChI is InChI=1S/C30H36N2O5/c1-30(2,3)37-29(35)26(18-13-21-8-5-4-6-9-21)32-28(34)23-14-17-25(31)27(20-23)36-19-7-10-22-11-15-24(33)16-12-22/h4-6,8-9,11-12,14-17,20,26,33H,7,10,13,18-19,31H2,1-3H3,(H,32,34)/t26-/m0/s1. The van der Waals surface area contributed by atoms with Crippen molar-refractivity contribution in [3.8, 4) is 11.5 Å². The summed E-state index contributed by atoms with van der Waals surface area (Å²) < 4.78 is 11.4. The summed E-state index contributed by atoms with van der Waals surface area (Å²) in [5.74, 6) is -0.232. The molecule has 3 aromatic carbocycles. The van der Waals surface area contributed by atoms with Gasteiger partial charge in [-0.2, -0.15) is 0 Å². The molecule has 0 aromatic heterocycles. The van der Waals surface area contributed by atoms with Crippen LogP contribution in [0.2, 0.25) is 0 Å². The molecule has 0 fully saturated rings. The molecule has 1 amide bonds. The lowest BCUT2D eigenvalue weighted by molar-refractivity contribution is -0.157. The zero-order chi connectivity index (χ0) is 26.8. The second kappa shape index (κ2) is 12.8. The number of amides is 1. The van der Waals surface area contributed by atoms with Crippen LogP contribution in [0.25, 0.3) is 0 Å². The predicted molar refractivity (Wildman–Crippen MR) is 145 cm³/mol. The fourth-order valence-corrected chi connectivity index (χ4v) is 3.74. The van der Waals surface area contributed by atoms with Crippen LogP contribution < -0.4 is 15.8 Å². The van der Waals surface area contributed by atoms with Gasteiger partial charge < -0.3 is 25.6 Å². The molecule has 0 saturated heterocycles. The second-order valence-electron chi connectivity index (χ2n) is 9.95. The van der Waals surface area contributed by atoms with Crippen LogP contribution in [0.5, 0.6) is 11.5 Å². The molecule has 0 unspecified atom stereocenters. The number of nitrogens with one attached hydrogen (secondary N) is 1. The van der Waals surface area contributed by atoms with Gasteiger partial charge >= 0.3 is 5.97 Å². The molecule has 7 heteroatoms. The summed E-state index contributed by atoms with van der Waals surface area (Å²) >= 11 is 0. The average Bonchev–Trinajstić information content (AvgIpc) is 2.85. The molecule has 0 radical (unpaired) electrons. The Bertz CT molecular complexity index is 1170. The number of carbonyl (C=O) groups is 2. The van der Waals surface area contributed by atoms with Gasteiger partial charge in [-0.1, -0.05) is 42.5 Å². The molecule has 0 heterocycles. The van der Waals surface area contributed by atoms with Crippen molar-refractivity contribution in [2.45, 2.75) is 58.1 Å². The van der Waals surface area contributed by atoms with E-state index < -0.39 is 23.5 Å². The minimum absolute atomic E-state index is 0.233. The number of hydrogen-bond donors (Lipinski definition) is 3. The first-order valence-electron chi connectivity index (χ1n) is 12.5. The van der Waals surface area contributed by atoms with Gasteiger partial charge in [-0.25, -0.2) is 4.79 Å². The van der Waals surface area contributed by atoms with E-state index in [0.29, 0.717) is 36.4 Å². The minimum Gasteiger partial charge on any atom is -0.508 e. The van der Waals surface area contributed by atoms with Crippen molar-refractivity contribution in [1.29, 1.82) is 0 Å². The molecule has 37 heavy (non-hydrogen) atoms. The molecule has 0 aliphatic heterocycles. The van der Waals surface area contributed by atoms with Crippen molar-refractivity contribution in [2.24, 2.45) is 0 Å². The van der Waals surface area contributed by atoms with Crippen LogP contribution >= 0.6 is 0 Å². The number of rotatable bonds is 11. The van der Waals surface area contributed by atoms with E-state index in [0.717, 1.165) is 24.0 Å². The lowest BCUT2D eigenvalue weighted by atomic mass is 10.0. The number of phenols is 1. The quantitative estimate of drug-likeness (QED) is 0.191. The Kier molecular flexibility index (Phi) is 9.55. The molecule has 0 aliphatic rings. The van der Waals surface area contributed by atoms with Crippen LogP contribution in [0.4, 0.5) is 5.69 Å². The van der Waals surface area contributed by atoms with Crippen molar-refractivity contribution in [1.82, 2.24) is 5.32 Å². The molecule has 0 saturated carbocycles. The molecular weight excluding hydrogens is 468 g/mol. The summed E-state index contributed by atoms with van der Waals surface area (Å²) in [4.78, 5) is 26.0. The van der Waals surface area contributed by atoms with E-state index in [4.69, 9.17) is 15.2 Å². The summed E-state index contributed by atoms with van der Waals surface area (Å²) in [7, 11) is 0. The molecule has 3 rings (SSSR count). The van der Waals surface area contributed by atoms with Gasteiger partial charge in [-0.3, -0.25) is 4.79 Å². The van der Waals surface area contributed by atoms with Gasteiger partial charge in [0.15, 0.2) is 0 Å². The number of nitrogen functional groups attached to an aromatic ring is 1. The highest BCUT2D eigenvalue weighted by molar-refractivity contribution is 5.97. The van der Waals surface area contributed by atoms with Crippen molar-refractivity contribution >= 4 is 17.6 Å². The smallest absolute Gasteiger partial charge is 0.329 e. The molecule has 0 bridgehead atoms. The summed E-state index contributed by atoms with van der Waals surface area (Å²) in [5.41, 5.74) is 8.33. The predicted octanol–water partition coefficient (Wildman–Crippen LogP) is 5.06. The second-order valence-corrected chi connectivity index (χ2v) is 9.95. The van der Waals surface area contributed by atoms with E-state index in [1.807, 2.05) is 42.5 Å². The fourth-order valence-electron chi connectivity index (χ4n) is 3.74. The van der Waals surface area contributed by atoms with Crippen molar-refractivity contribution in [2.75, 3.05) is 12.3 Å². The number of esters is 1. The topological polar surface area (TPSA) is 111 Å². The third kappa shape index (κ3) is 9.18. The van der Waals surface area contributed by atoms with Crippen LogP contribution in [0.3, 0.4) is 0 Å². The first kappa shape index (κ1) is 27.6. The molecule has 0 aliphatic carbocycles. The molecule has 196 valence electrons. The number of nitrogens with two attached hydrogens (primary N) is 1. The van der Waals surface area contributed by atoms with E-state index in [1.54, 1.807) is 51.1 Å². The SMILES string of the molecule is CC(C)(C)OC(=O)[C@H](CCc1ccccc1)NC(=O)c1ccc(N)c(OCCCc2ccc(O)cc2)c1. The molecule has 1 atom stereocenters. The maximum atomic E-state index is 13.1. The molecule has 4 N–H and O–H groups in total. The van der Waals surface area contributed by atoms with E-state index in [-0.39, 0.29) is 5.75 Å². The Hall–Kier alpha value is -4.00. The molecule has 3 aromatic rings. The van der Waals surface area contributed by atoms with Crippen LogP contribution in [-0.4, -0.2) is 35.2 Å². The minimum atomic E-state index is -0.806. The largest absolute Gasteiger partial charge is 0.508 e. The fraction of sp³-hybridized carbons (Fsp3) is 0.333. The number of hydrogen-bond acceptors (Lipinski definition) is 6. The molecular formula is C30H36N2O5. The van der Waals surface area contributed by atoms with Gasteiger partial charge in [-0.05, 0) is 87.9 Å². The number of carbonyl (C=O) groups excluding carboxylic acids is 2. The summed E-state index contributed by atoms with van der Waals surface area (Å²) in [6, 6.07) is 20.8. The number of aromatic hydroxyl groups is 1. The average molecular weight is 505 g/mol. The van der Waals surface area contributed by atoms with Gasteiger partial charge in [0.2, 0.25) is 0 Å². The van der Waals surface area contributed by atoms with E-state index in [9.17, 15) is 14.7 Å². The Morgan fingerprint density at radius 3 is 2.30 bits per heavy atom. The van der Waals surface area contributed by atoms with E-state index in [2.05, 4.69) is 5.32 Å². The first-order chi connectivity index (χ1) is 17.6. The Balaban J connectivity index is 1.63. The van der Waals surface area contributed by atoms with Gasteiger partial charge in [-0.15, -0.1) is 0 Å². The van der Waals surface area contributed by atoms with Crippen LogP contribution in [-0.2, 0) is 22.4 Å². The zero-order valence-corrected chi connectivity index (χ0v) is 21.7. The van der Waals surface area contributed by atoms with Gasteiger partial charge in [0.05, 0.1) is 12.3 Å². The third-order valence-corrected chi connectivity index (χ3v) is 5.64. The van der Waals surface area contributed by atoms with Gasteiger partial charge in [0.1, 0.15) is 23.1 Å². The Morgan fingerprint density at radius 2 is 1.62 bits per heavy atom. The lowest BCUT2D eigenvalue weighted by Crippen LogP contribution is -2.44. The maximum Gasteiger partial charge on any atom is 0.329 e. The van der Waals surface area contributed by atoms with Crippen molar-refractivity contribution in [3.05, 3.63) is 89.5 Å². The van der Waals surface area contributed by atoms with Gasteiger partial charge in [0.25, 0.3) is 5.91 Å². The maximum absolute atomic E-state index is 13.1. The summed E-state index contributed by atoms with van der Waals surface area (Å²) in [5, 5.41) is 12.2. The number of benzene rings is 3. The monoisotopic (exact) mass is 504 g/mol. The highest BCUT2D eigenvalue weighted by atomic mass is 16.6. The Labute approximate surface area is 218 Å². The summed E-state index contributed by atoms with van der Waals surface area (Å²) in [6.07, 6.45) is 2.53. The summed E-state index contributed by atoms with van der Waals surface area (Å²) in [6.45, 7) is 5.80. The van der Waals surface area contributed by atoms with Crippen molar-refractivity contribution < 1.29 is 24.2 Å². The first-order valence-corrected chi connectivity index (χ1v) is 12.5. The molecule has 0 spiro atoms. The van der Waals surface area contributed by atoms with E-state index in [1.165, 1.54) is 0 Å². The third-order valence-electron chi connectivity index (χ3n) is 5.64. The van der Waals surface area contributed by atoms with Crippen LogP contribution in [0, 0.1) is 0 Å². The van der Waals surface area contributed by atoms with E-state index >= 15 is 0 Å². The Morgan fingerprint density at radius 1 is 0.946 bits per heavy atom. The number of aryl methyl sites for hydroxylation is 2. The zero-order valence-electron chi connectivity index (χ0n) is 21.7. The normalized spacial score (nSPS) is 12.0. The number of anilines is 1. The van der Waals surface area contributed by atoms with Crippen LogP contribution in [0.1, 0.15) is 55.1 Å². The number of ether oxygens (including phenoxy) is 2. The highest BCUT2D eigenvalue weighted by Gasteiger charge is 2.27. The number of phenolic OH excluding ortho intramolecular Hbond substituents is 1. The van der Waals surface area contributed by atoms with Crippen LogP contribution in [0.15, 0.2) is 72.8 Å². The highest BCUT2D eigenvalue weighted by Crippen LogP contribution is 2.24. The lowest BCUT2D eigenvalue weighted by Gasteiger charge is -2.25. The van der Waals surface area contributed by atoms with Crippen molar-refractivity contribution in [3.63, 3.8) is 0 Å². The molecule has 7 nitrogen and oxygen atoms in total.